The Labute approximate surface area is 153 Å². The Morgan fingerprint density at radius 1 is 1.12 bits per heavy atom. The summed E-state index contributed by atoms with van der Waals surface area (Å²) < 4.78 is 0. The first-order valence-electron chi connectivity index (χ1n) is 7.65. The molecule has 1 aromatic heterocycles. The average Bonchev–Trinajstić information content (AvgIpc) is 2.62. The lowest BCUT2D eigenvalue weighted by atomic mass is 10.1. The Bertz CT molecular complexity index is 964. The molecule has 8 heteroatoms. The molecule has 0 radical (unpaired) electrons. The molecule has 3 aromatic rings. The molecule has 0 atom stereocenters. The van der Waals surface area contributed by atoms with E-state index in [0.717, 1.165) is 4.90 Å². The van der Waals surface area contributed by atoms with Gasteiger partial charge in [-0.15, -0.1) is 0 Å². The summed E-state index contributed by atoms with van der Waals surface area (Å²) >= 11 is 1.19. The van der Waals surface area contributed by atoms with Gasteiger partial charge in [0.15, 0.2) is 10.8 Å². The van der Waals surface area contributed by atoms with Crippen molar-refractivity contribution in [2.75, 3.05) is 5.32 Å². The van der Waals surface area contributed by atoms with Gasteiger partial charge in [-0.2, -0.15) is 0 Å². The van der Waals surface area contributed by atoms with Crippen molar-refractivity contribution in [3.8, 4) is 0 Å². The van der Waals surface area contributed by atoms with Crippen LogP contribution in [0.1, 0.15) is 17.3 Å². The molecule has 0 spiro atoms. The second kappa shape index (κ2) is 7.75. The molecular weight excluding hydrogens is 352 g/mol. The predicted molar refractivity (Wildman–Crippen MR) is 99.0 cm³/mol. The lowest BCUT2D eigenvalue weighted by molar-refractivity contribution is -0.387. The van der Waals surface area contributed by atoms with E-state index in [1.807, 2.05) is 30.3 Å². The van der Waals surface area contributed by atoms with Gasteiger partial charge in [0, 0.05) is 16.1 Å². The number of Topliss-reactive ketones (excluding diaryl/α,β-unsaturated/α-hetero) is 1. The first-order chi connectivity index (χ1) is 12.5. The van der Waals surface area contributed by atoms with Crippen molar-refractivity contribution < 1.29 is 9.72 Å². The van der Waals surface area contributed by atoms with Crippen molar-refractivity contribution in [3.63, 3.8) is 0 Å². The zero-order valence-electron chi connectivity index (χ0n) is 13.7. The molecule has 3 rings (SSSR count). The minimum atomic E-state index is -0.511. The maximum atomic E-state index is 11.6. The van der Waals surface area contributed by atoms with Crippen LogP contribution in [0.15, 0.2) is 70.8 Å². The summed E-state index contributed by atoms with van der Waals surface area (Å²) in [5, 5.41) is 14.8. The van der Waals surface area contributed by atoms with Crippen LogP contribution < -0.4 is 5.32 Å². The second-order valence-corrected chi connectivity index (χ2v) is 6.37. The van der Waals surface area contributed by atoms with E-state index in [1.54, 1.807) is 24.3 Å². The average molecular weight is 366 g/mol. The number of carbonyl (C=O) groups is 1. The molecule has 1 N–H and O–H groups in total. The van der Waals surface area contributed by atoms with Crippen LogP contribution in [-0.4, -0.2) is 20.7 Å². The molecule has 0 unspecified atom stereocenters. The van der Waals surface area contributed by atoms with Crippen molar-refractivity contribution in [1.82, 2.24) is 9.97 Å². The molecule has 0 saturated carbocycles. The van der Waals surface area contributed by atoms with Gasteiger partial charge in [0.1, 0.15) is 6.33 Å². The van der Waals surface area contributed by atoms with Gasteiger partial charge in [-0.25, -0.2) is 9.97 Å². The van der Waals surface area contributed by atoms with Crippen LogP contribution in [0.2, 0.25) is 0 Å². The van der Waals surface area contributed by atoms with Crippen LogP contribution in [-0.2, 0) is 0 Å². The summed E-state index contributed by atoms with van der Waals surface area (Å²) in [4.78, 5) is 31.5. The van der Waals surface area contributed by atoms with Gasteiger partial charge in [-0.1, -0.05) is 42.1 Å². The summed E-state index contributed by atoms with van der Waals surface area (Å²) in [7, 11) is 0. The van der Waals surface area contributed by atoms with E-state index in [4.69, 9.17) is 0 Å². The summed E-state index contributed by atoms with van der Waals surface area (Å²) in [6, 6.07) is 16.0. The Kier molecular flexibility index (Phi) is 5.23. The van der Waals surface area contributed by atoms with E-state index in [1.165, 1.54) is 25.0 Å². The molecule has 0 aliphatic heterocycles. The standard InChI is InChI=1S/C18H14N4O3S/c1-12(23)13-6-5-7-14(10-13)21-17-16(22(24)25)18(20-11-19-17)26-15-8-3-2-4-9-15/h2-11H,1H3,(H,19,20,21). The number of carbonyl (C=O) groups excluding carboxylic acids is 1. The maximum absolute atomic E-state index is 11.6. The highest BCUT2D eigenvalue weighted by molar-refractivity contribution is 7.99. The van der Waals surface area contributed by atoms with Crippen molar-refractivity contribution >= 4 is 34.7 Å². The van der Waals surface area contributed by atoms with Crippen LogP contribution in [0, 0.1) is 10.1 Å². The summed E-state index contributed by atoms with van der Waals surface area (Å²) in [6.45, 7) is 1.46. The smallest absolute Gasteiger partial charge is 0.334 e. The lowest BCUT2D eigenvalue weighted by Crippen LogP contribution is -2.03. The summed E-state index contributed by atoms with van der Waals surface area (Å²) in [5.74, 6) is -0.0182. The molecule has 26 heavy (non-hydrogen) atoms. The number of benzene rings is 2. The third-order valence-electron chi connectivity index (χ3n) is 3.46. The van der Waals surface area contributed by atoms with Gasteiger partial charge >= 0.3 is 5.69 Å². The van der Waals surface area contributed by atoms with Crippen molar-refractivity contribution in [2.45, 2.75) is 16.8 Å². The Morgan fingerprint density at radius 2 is 1.88 bits per heavy atom. The number of hydrogen-bond acceptors (Lipinski definition) is 7. The van der Waals surface area contributed by atoms with Gasteiger partial charge in [0.2, 0.25) is 5.82 Å². The van der Waals surface area contributed by atoms with Crippen LogP contribution in [0.25, 0.3) is 0 Å². The third-order valence-corrected chi connectivity index (χ3v) is 4.46. The van der Waals surface area contributed by atoms with Gasteiger partial charge in [-0.05, 0) is 31.2 Å². The molecule has 7 nitrogen and oxygen atoms in total. The van der Waals surface area contributed by atoms with Gasteiger partial charge in [0.25, 0.3) is 0 Å². The minimum absolute atomic E-state index is 0.0733. The highest BCUT2D eigenvalue weighted by atomic mass is 32.2. The van der Waals surface area contributed by atoms with Crippen LogP contribution in [0.4, 0.5) is 17.2 Å². The van der Waals surface area contributed by atoms with Crippen molar-refractivity contribution in [3.05, 3.63) is 76.6 Å². The molecule has 0 bridgehead atoms. The molecular formula is C18H14N4O3S. The Morgan fingerprint density at radius 3 is 2.58 bits per heavy atom. The topological polar surface area (TPSA) is 98.0 Å². The Hall–Kier alpha value is -3.26. The van der Waals surface area contributed by atoms with Crippen molar-refractivity contribution in [1.29, 1.82) is 0 Å². The fourth-order valence-electron chi connectivity index (χ4n) is 2.25. The predicted octanol–water partition coefficient (Wildman–Crippen LogP) is 4.48. The molecule has 0 aliphatic carbocycles. The fraction of sp³-hybridized carbons (Fsp3) is 0.0556. The normalized spacial score (nSPS) is 10.3. The van der Waals surface area contributed by atoms with Gasteiger partial charge < -0.3 is 5.32 Å². The monoisotopic (exact) mass is 366 g/mol. The number of aromatic nitrogens is 2. The number of nitro groups is 1. The lowest BCUT2D eigenvalue weighted by Gasteiger charge is -2.09. The number of hydrogen-bond donors (Lipinski definition) is 1. The van der Waals surface area contributed by atoms with Gasteiger partial charge in [-0.3, -0.25) is 14.9 Å². The third kappa shape index (κ3) is 4.04. The molecule has 2 aromatic carbocycles. The van der Waals surface area contributed by atoms with E-state index < -0.39 is 4.92 Å². The summed E-state index contributed by atoms with van der Waals surface area (Å²) in [6.07, 6.45) is 1.27. The molecule has 0 aliphatic rings. The van der Waals surface area contributed by atoms with E-state index in [0.29, 0.717) is 11.3 Å². The van der Waals surface area contributed by atoms with E-state index in [2.05, 4.69) is 15.3 Å². The maximum Gasteiger partial charge on any atom is 0.343 e. The van der Waals surface area contributed by atoms with E-state index >= 15 is 0 Å². The fourth-order valence-corrected chi connectivity index (χ4v) is 3.13. The first-order valence-corrected chi connectivity index (χ1v) is 8.46. The molecule has 0 fully saturated rings. The SMILES string of the molecule is CC(=O)c1cccc(Nc2ncnc(Sc3ccccc3)c2[N+](=O)[O-])c1. The highest BCUT2D eigenvalue weighted by Gasteiger charge is 2.24. The minimum Gasteiger partial charge on any atom is -0.334 e. The zero-order valence-corrected chi connectivity index (χ0v) is 14.6. The molecule has 130 valence electrons. The van der Waals surface area contributed by atoms with Crippen LogP contribution in [0.5, 0.6) is 0 Å². The largest absolute Gasteiger partial charge is 0.343 e. The molecule has 0 saturated heterocycles. The second-order valence-electron chi connectivity index (χ2n) is 5.31. The van der Waals surface area contributed by atoms with Crippen LogP contribution in [0.3, 0.4) is 0 Å². The van der Waals surface area contributed by atoms with Gasteiger partial charge in [0.05, 0.1) is 4.92 Å². The zero-order chi connectivity index (χ0) is 18.5. The summed E-state index contributed by atoms with van der Waals surface area (Å²) in [5.41, 5.74) is 0.829. The molecule has 0 amide bonds. The highest BCUT2D eigenvalue weighted by Crippen LogP contribution is 2.37. The number of anilines is 2. The van der Waals surface area contributed by atoms with Crippen molar-refractivity contribution in [2.24, 2.45) is 0 Å². The van der Waals surface area contributed by atoms with E-state index in [9.17, 15) is 14.9 Å². The number of ketones is 1. The number of rotatable bonds is 6. The number of nitrogens with one attached hydrogen (secondary N) is 1. The molecule has 1 heterocycles. The van der Waals surface area contributed by atoms with Crippen LogP contribution >= 0.6 is 11.8 Å². The Balaban J connectivity index is 1.97. The quantitative estimate of drug-likeness (QED) is 0.297. The number of nitrogens with zero attached hydrogens (tertiary/aromatic N) is 3. The first kappa shape index (κ1) is 17.6. The van der Waals surface area contributed by atoms with E-state index in [-0.39, 0.29) is 22.3 Å².